The third-order valence-electron chi connectivity index (χ3n) is 4.30. The Morgan fingerprint density at radius 1 is 1.22 bits per heavy atom. The Kier molecular flexibility index (Phi) is 6.16. The van der Waals surface area contributed by atoms with Crippen molar-refractivity contribution in [3.8, 4) is 0 Å². The van der Waals surface area contributed by atoms with Crippen molar-refractivity contribution in [2.24, 2.45) is 17.3 Å². The second-order valence-electron chi connectivity index (χ2n) is 6.72. The molecule has 1 amide bonds. The normalized spacial score (nSPS) is 24.9. The third kappa shape index (κ3) is 4.56. The highest BCUT2D eigenvalue weighted by Gasteiger charge is 2.33. The number of halogens is 1. The molecule has 106 valence electrons. The van der Waals surface area contributed by atoms with Crippen LogP contribution in [-0.4, -0.2) is 29.7 Å². The summed E-state index contributed by atoms with van der Waals surface area (Å²) in [7, 11) is 1.95. The molecule has 1 aliphatic carbocycles. The molecule has 1 saturated carbocycles. The van der Waals surface area contributed by atoms with Gasteiger partial charge in [0.05, 0.1) is 0 Å². The fraction of sp³-hybridized carbons (Fsp3) is 0.933. The van der Waals surface area contributed by atoms with Gasteiger partial charge in [0, 0.05) is 24.8 Å². The minimum Gasteiger partial charge on any atom is -0.345 e. The van der Waals surface area contributed by atoms with E-state index in [2.05, 4.69) is 36.7 Å². The number of carbonyl (C=O) groups is 1. The van der Waals surface area contributed by atoms with E-state index in [0.717, 1.165) is 37.1 Å². The molecular weight excluding hydrogens is 290 g/mol. The molecule has 0 radical (unpaired) electrons. The summed E-state index contributed by atoms with van der Waals surface area (Å²) < 4.78 is 0. The molecule has 0 aromatic carbocycles. The first kappa shape index (κ1) is 16.0. The van der Waals surface area contributed by atoms with Gasteiger partial charge in [-0.1, -0.05) is 36.7 Å². The highest BCUT2D eigenvalue weighted by Crippen LogP contribution is 2.40. The predicted molar refractivity (Wildman–Crippen MR) is 81.0 cm³/mol. The van der Waals surface area contributed by atoms with Crippen LogP contribution in [0.15, 0.2) is 0 Å². The van der Waals surface area contributed by atoms with E-state index in [9.17, 15) is 4.79 Å². The van der Waals surface area contributed by atoms with Crippen molar-refractivity contribution in [3.63, 3.8) is 0 Å². The second kappa shape index (κ2) is 6.93. The van der Waals surface area contributed by atoms with Gasteiger partial charge in [-0.15, -0.1) is 0 Å². The van der Waals surface area contributed by atoms with Gasteiger partial charge in [0.15, 0.2) is 0 Å². The molecule has 1 aliphatic rings. The van der Waals surface area contributed by atoms with Crippen LogP contribution in [0, 0.1) is 17.3 Å². The van der Waals surface area contributed by atoms with Crippen LogP contribution in [-0.2, 0) is 4.79 Å². The van der Waals surface area contributed by atoms with Gasteiger partial charge in [0.25, 0.3) is 0 Å². The van der Waals surface area contributed by atoms with Crippen molar-refractivity contribution in [1.29, 1.82) is 0 Å². The van der Waals surface area contributed by atoms with Gasteiger partial charge in [0.2, 0.25) is 5.91 Å². The molecule has 0 saturated heterocycles. The van der Waals surface area contributed by atoms with E-state index < -0.39 is 0 Å². The van der Waals surface area contributed by atoms with Gasteiger partial charge in [-0.2, -0.15) is 0 Å². The van der Waals surface area contributed by atoms with Crippen molar-refractivity contribution in [3.05, 3.63) is 0 Å². The zero-order valence-electron chi connectivity index (χ0n) is 12.3. The predicted octanol–water partition coefficient (Wildman–Crippen LogP) is 4.08. The van der Waals surface area contributed by atoms with Gasteiger partial charge in [-0.3, -0.25) is 4.79 Å². The quantitative estimate of drug-likeness (QED) is 0.715. The molecule has 18 heavy (non-hydrogen) atoms. The zero-order valence-corrected chi connectivity index (χ0v) is 13.9. The summed E-state index contributed by atoms with van der Waals surface area (Å²) in [5.41, 5.74) is 0.399. The van der Waals surface area contributed by atoms with Crippen LogP contribution in [0.2, 0.25) is 0 Å². The molecule has 0 aliphatic heterocycles. The van der Waals surface area contributed by atoms with Crippen LogP contribution in [0.5, 0.6) is 0 Å². The van der Waals surface area contributed by atoms with Crippen molar-refractivity contribution < 1.29 is 4.79 Å². The lowest BCUT2D eigenvalue weighted by Crippen LogP contribution is -2.37. The number of nitrogens with zero attached hydrogens (tertiary/aromatic N) is 1. The van der Waals surface area contributed by atoms with Gasteiger partial charge in [-0.05, 0) is 43.4 Å². The molecule has 0 unspecified atom stereocenters. The van der Waals surface area contributed by atoms with Crippen LogP contribution in [0.3, 0.4) is 0 Å². The molecule has 0 aromatic heterocycles. The molecule has 0 bridgehead atoms. The molecular formula is C15H28BrNO. The fourth-order valence-corrected chi connectivity index (χ4v) is 3.18. The van der Waals surface area contributed by atoms with Gasteiger partial charge in [-0.25, -0.2) is 0 Å². The van der Waals surface area contributed by atoms with E-state index in [1.54, 1.807) is 0 Å². The Bertz CT molecular complexity index is 264. The van der Waals surface area contributed by atoms with Crippen LogP contribution in [0.4, 0.5) is 0 Å². The Morgan fingerprint density at radius 2 is 1.78 bits per heavy atom. The highest BCUT2D eigenvalue weighted by molar-refractivity contribution is 9.09. The number of alkyl halides is 1. The number of carbonyl (C=O) groups excluding carboxylic acids is 1. The zero-order chi connectivity index (χ0) is 13.8. The molecule has 1 fully saturated rings. The topological polar surface area (TPSA) is 20.3 Å². The van der Waals surface area contributed by atoms with Crippen LogP contribution in [0.1, 0.15) is 52.9 Å². The highest BCUT2D eigenvalue weighted by atomic mass is 79.9. The third-order valence-corrected chi connectivity index (χ3v) is 4.87. The van der Waals surface area contributed by atoms with Gasteiger partial charge in [0.1, 0.15) is 0 Å². The first-order chi connectivity index (χ1) is 8.36. The molecule has 3 heteroatoms. The fourth-order valence-electron chi connectivity index (χ4n) is 2.93. The minimum absolute atomic E-state index is 0.281. The van der Waals surface area contributed by atoms with Crippen molar-refractivity contribution in [1.82, 2.24) is 4.90 Å². The summed E-state index contributed by atoms with van der Waals surface area (Å²) in [4.78, 5) is 14.2. The van der Waals surface area contributed by atoms with Crippen LogP contribution >= 0.6 is 15.9 Å². The first-order valence-corrected chi connectivity index (χ1v) is 8.29. The van der Waals surface area contributed by atoms with E-state index >= 15 is 0 Å². The Balaban J connectivity index is 2.40. The number of hydrogen-bond donors (Lipinski definition) is 0. The van der Waals surface area contributed by atoms with Gasteiger partial charge >= 0.3 is 0 Å². The van der Waals surface area contributed by atoms with E-state index in [4.69, 9.17) is 0 Å². The largest absolute Gasteiger partial charge is 0.345 e. The lowest BCUT2D eigenvalue weighted by molar-refractivity contribution is -0.135. The molecule has 2 nitrogen and oxygen atoms in total. The first-order valence-electron chi connectivity index (χ1n) is 7.17. The number of amides is 1. The van der Waals surface area contributed by atoms with Crippen molar-refractivity contribution in [2.75, 3.05) is 18.9 Å². The van der Waals surface area contributed by atoms with Crippen molar-refractivity contribution >= 4 is 21.8 Å². The summed E-state index contributed by atoms with van der Waals surface area (Å²) in [6.07, 6.45) is 5.64. The average Bonchev–Trinajstić information content (AvgIpc) is 2.34. The summed E-state index contributed by atoms with van der Waals surface area (Å²) in [5, 5.41) is 0.974. The van der Waals surface area contributed by atoms with Crippen molar-refractivity contribution in [2.45, 2.75) is 52.9 Å². The molecule has 0 aromatic rings. The minimum atomic E-state index is 0.281. The van der Waals surface area contributed by atoms with Gasteiger partial charge < -0.3 is 4.90 Å². The van der Waals surface area contributed by atoms with E-state index in [-0.39, 0.29) is 5.92 Å². The maximum absolute atomic E-state index is 12.3. The Hall–Kier alpha value is -0.0500. The maximum atomic E-state index is 12.3. The van der Waals surface area contributed by atoms with Crippen LogP contribution < -0.4 is 0 Å². The molecule has 0 heterocycles. The Morgan fingerprint density at radius 3 is 2.22 bits per heavy atom. The lowest BCUT2D eigenvalue weighted by atomic mass is 9.69. The van der Waals surface area contributed by atoms with Crippen LogP contribution in [0.25, 0.3) is 0 Å². The second-order valence-corrected chi connectivity index (χ2v) is 7.51. The molecule has 0 spiro atoms. The number of rotatable bonds is 4. The Labute approximate surface area is 121 Å². The summed E-state index contributed by atoms with van der Waals surface area (Å²) in [6.45, 7) is 7.84. The smallest absolute Gasteiger partial charge is 0.225 e. The average molecular weight is 318 g/mol. The SMILES string of the molecule is CN(CCCBr)C(=O)C1CCC(C(C)(C)C)CC1. The summed E-state index contributed by atoms with van der Waals surface area (Å²) in [5.74, 6) is 1.43. The van der Waals surface area contributed by atoms with E-state index in [1.165, 1.54) is 12.8 Å². The molecule has 1 rings (SSSR count). The van der Waals surface area contributed by atoms with E-state index in [1.807, 2.05) is 11.9 Å². The summed E-state index contributed by atoms with van der Waals surface area (Å²) >= 11 is 3.41. The standard InChI is InChI=1S/C15H28BrNO/c1-15(2,3)13-8-6-12(7-9-13)14(18)17(4)11-5-10-16/h12-13H,5-11H2,1-4H3. The van der Waals surface area contributed by atoms with E-state index in [0.29, 0.717) is 11.3 Å². The maximum Gasteiger partial charge on any atom is 0.225 e. The molecule has 0 N–H and O–H groups in total. The number of hydrogen-bond acceptors (Lipinski definition) is 1. The molecule has 0 atom stereocenters. The monoisotopic (exact) mass is 317 g/mol. The summed E-state index contributed by atoms with van der Waals surface area (Å²) in [6, 6.07) is 0. The lowest BCUT2D eigenvalue weighted by Gasteiger charge is -2.37.